The van der Waals surface area contributed by atoms with E-state index in [1.54, 1.807) is 0 Å². The number of hydrogen-bond donors (Lipinski definition) is 1. The van der Waals surface area contributed by atoms with Gasteiger partial charge in [-0.2, -0.15) is 0 Å². The lowest BCUT2D eigenvalue weighted by Gasteiger charge is -2.27. The van der Waals surface area contributed by atoms with Crippen molar-refractivity contribution in [2.75, 3.05) is 0 Å². The van der Waals surface area contributed by atoms with Crippen LogP contribution in [0.5, 0.6) is 0 Å². The highest BCUT2D eigenvalue weighted by Crippen LogP contribution is 2.28. The lowest BCUT2D eigenvalue weighted by molar-refractivity contribution is -0.137. The van der Waals surface area contributed by atoms with Gasteiger partial charge < -0.3 is 0 Å². The molecule has 0 saturated heterocycles. The van der Waals surface area contributed by atoms with E-state index in [2.05, 4.69) is 5.32 Å². The third-order valence-electron chi connectivity index (χ3n) is 3.20. The molecule has 0 radical (unpaired) electrons. The highest BCUT2D eigenvalue weighted by molar-refractivity contribution is 5.97. The Bertz CT molecular complexity index is 205. The average Bonchev–Trinajstić information content (AvgIpc) is 1.76. The van der Waals surface area contributed by atoms with E-state index in [0.29, 0.717) is 0 Å². The fraction of sp³-hybridized carbons (Fsp3) is 0.800. The summed E-state index contributed by atoms with van der Waals surface area (Å²) in [5.74, 6) is 0.180. The van der Waals surface area contributed by atoms with E-state index in [-0.39, 0.29) is 23.7 Å². The Balaban J connectivity index is 1.75. The molecule has 0 aromatic rings. The Morgan fingerprint density at radius 2 is 1.23 bits per heavy atom. The van der Waals surface area contributed by atoms with Crippen molar-refractivity contribution in [3.8, 4) is 0 Å². The third-order valence-corrected chi connectivity index (χ3v) is 3.20. The average molecular weight is 181 g/mol. The fourth-order valence-corrected chi connectivity index (χ4v) is 1.67. The van der Waals surface area contributed by atoms with E-state index in [1.807, 2.05) is 0 Å². The van der Waals surface area contributed by atoms with Gasteiger partial charge in [0.1, 0.15) is 0 Å². The molecule has 3 nitrogen and oxygen atoms in total. The molecule has 2 amide bonds. The van der Waals surface area contributed by atoms with Gasteiger partial charge in [0.15, 0.2) is 0 Å². The zero-order chi connectivity index (χ0) is 9.26. The van der Waals surface area contributed by atoms with Crippen LogP contribution in [0.15, 0.2) is 0 Å². The summed E-state index contributed by atoms with van der Waals surface area (Å²) in [7, 11) is 0. The minimum atomic E-state index is -0.0387. The monoisotopic (exact) mass is 181 g/mol. The molecule has 1 N–H and O–H groups in total. The molecule has 0 bridgehead atoms. The van der Waals surface area contributed by atoms with E-state index < -0.39 is 0 Å². The molecule has 0 aromatic heterocycles. The number of nitrogens with one attached hydrogen (secondary N) is 1. The van der Waals surface area contributed by atoms with Crippen LogP contribution in [0.3, 0.4) is 0 Å². The van der Waals surface area contributed by atoms with Crippen LogP contribution in [0.4, 0.5) is 0 Å². The SMILES string of the molecule is O=C(NC(=O)C1CCC1)C1CCC1. The summed E-state index contributed by atoms with van der Waals surface area (Å²) in [5, 5.41) is 2.51. The van der Waals surface area contributed by atoms with Gasteiger partial charge in [-0.25, -0.2) is 0 Å². The summed E-state index contributed by atoms with van der Waals surface area (Å²) in [6.45, 7) is 0. The predicted octanol–water partition coefficient (Wildman–Crippen LogP) is 1.23. The molecule has 2 saturated carbocycles. The lowest BCUT2D eigenvalue weighted by atomic mass is 9.83. The summed E-state index contributed by atoms with van der Waals surface area (Å²) in [6.07, 6.45) is 6.12. The van der Waals surface area contributed by atoms with Gasteiger partial charge in [-0.15, -0.1) is 0 Å². The second-order valence-corrected chi connectivity index (χ2v) is 4.11. The zero-order valence-corrected chi connectivity index (χ0v) is 7.71. The van der Waals surface area contributed by atoms with E-state index in [0.717, 1.165) is 38.5 Å². The van der Waals surface area contributed by atoms with E-state index in [1.165, 1.54) is 0 Å². The minimum absolute atomic E-state index is 0.0387. The second kappa shape index (κ2) is 3.48. The summed E-state index contributed by atoms with van der Waals surface area (Å²) in [5.41, 5.74) is 0. The summed E-state index contributed by atoms with van der Waals surface area (Å²) < 4.78 is 0. The molecule has 2 rings (SSSR count). The smallest absolute Gasteiger partial charge is 0.229 e. The van der Waals surface area contributed by atoms with Gasteiger partial charge in [-0.1, -0.05) is 12.8 Å². The van der Waals surface area contributed by atoms with Gasteiger partial charge in [0.2, 0.25) is 11.8 Å². The van der Waals surface area contributed by atoms with E-state index >= 15 is 0 Å². The second-order valence-electron chi connectivity index (χ2n) is 4.11. The maximum atomic E-state index is 11.3. The van der Waals surface area contributed by atoms with E-state index in [9.17, 15) is 9.59 Å². The molecule has 0 heterocycles. The molecule has 72 valence electrons. The molecular formula is C10H15NO2. The maximum Gasteiger partial charge on any atom is 0.229 e. The molecule has 0 atom stereocenters. The largest absolute Gasteiger partial charge is 0.296 e. The molecule has 0 aliphatic heterocycles. The molecule has 2 aliphatic carbocycles. The Morgan fingerprint density at radius 1 is 0.846 bits per heavy atom. The zero-order valence-electron chi connectivity index (χ0n) is 7.71. The third kappa shape index (κ3) is 1.74. The lowest BCUT2D eigenvalue weighted by Crippen LogP contribution is -2.43. The highest BCUT2D eigenvalue weighted by atomic mass is 16.2. The van der Waals surface area contributed by atoms with Crippen molar-refractivity contribution in [1.82, 2.24) is 5.32 Å². The van der Waals surface area contributed by atoms with Gasteiger partial charge in [0.05, 0.1) is 0 Å². The molecule has 0 unspecified atom stereocenters. The molecular weight excluding hydrogens is 166 g/mol. The van der Waals surface area contributed by atoms with Crippen molar-refractivity contribution in [2.45, 2.75) is 38.5 Å². The van der Waals surface area contributed by atoms with Gasteiger partial charge in [0.25, 0.3) is 0 Å². The highest BCUT2D eigenvalue weighted by Gasteiger charge is 2.30. The first-order chi connectivity index (χ1) is 6.27. The summed E-state index contributed by atoms with van der Waals surface area (Å²) in [4.78, 5) is 22.7. The van der Waals surface area contributed by atoms with Crippen LogP contribution in [-0.2, 0) is 9.59 Å². The number of rotatable bonds is 2. The Labute approximate surface area is 77.9 Å². The van der Waals surface area contributed by atoms with Crippen LogP contribution >= 0.6 is 0 Å². The molecule has 0 spiro atoms. The van der Waals surface area contributed by atoms with Crippen LogP contribution < -0.4 is 5.32 Å². The van der Waals surface area contributed by atoms with Gasteiger partial charge in [-0.05, 0) is 25.7 Å². The topological polar surface area (TPSA) is 46.2 Å². The first kappa shape index (κ1) is 8.73. The van der Waals surface area contributed by atoms with Crippen molar-refractivity contribution >= 4 is 11.8 Å². The van der Waals surface area contributed by atoms with Crippen LogP contribution in [-0.4, -0.2) is 11.8 Å². The number of carbonyl (C=O) groups excluding carboxylic acids is 2. The van der Waals surface area contributed by atoms with Gasteiger partial charge in [0, 0.05) is 11.8 Å². The van der Waals surface area contributed by atoms with Crippen molar-refractivity contribution in [3.63, 3.8) is 0 Å². The fourth-order valence-electron chi connectivity index (χ4n) is 1.67. The van der Waals surface area contributed by atoms with Crippen molar-refractivity contribution in [2.24, 2.45) is 11.8 Å². The Morgan fingerprint density at radius 3 is 1.46 bits per heavy atom. The number of hydrogen-bond acceptors (Lipinski definition) is 2. The van der Waals surface area contributed by atoms with Crippen LogP contribution in [0.25, 0.3) is 0 Å². The number of imide groups is 1. The summed E-state index contributed by atoms with van der Waals surface area (Å²) >= 11 is 0. The molecule has 0 aromatic carbocycles. The van der Waals surface area contributed by atoms with Gasteiger partial charge in [-0.3, -0.25) is 14.9 Å². The molecule has 2 fully saturated rings. The van der Waals surface area contributed by atoms with Crippen molar-refractivity contribution in [3.05, 3.63) is 0 Å². The normalized spacial score (nSPS) is 23.1. The standard InChI is InChI=1S/C10H15NO2/c12-9(7-3-1-4-7)11-10(13)8-5-2-6-8/h7-8H,1-6H2,(H,11,12,13). The first-order valence-electron chi connectivity index (χ1n) is 5.12. The van der Waals surface area contributed by atoms with Gasteiger partial charge >= 0.3 is 0 Å². The van der Waals surface area contributed by atoms with Crippen molar-refractivity contribution in [1.29, 1.82) is 0 Å². The number of carbonyl (C=O) groups is 2. The minimum Gasteiger partial charge on any atom is -0.296 e. The molecule has 2 aliphatic rings. The predicted molar refractivity (Wildman–Crippen MR) is 47.8 cm³/mol. The summed E-state index contributed by atoms with van der Waals surface area (Å²) in [6, 6.07) is 0. The first-order valence-corrected chi connectivity index (χ1v) is 5.12. The number of amides is 2. The van der Waals surface area contributed by atoms with Crippen LogP contribution in [0.1, 0.15) is 38.5 Å². The Kier molecular flexibility index (Phi) is 2.34. The maximum absolute atomic E-state index is 11.3. The molecule has 13 heavy (non-hydrogen) atoms. The quantitative estimate of drug-likeness (QED) is 0.651. The van der Waals surface area contributed by atoms with Crippen molar-refractivity contribution < 1.29 is 9.59 Å². The van der Waals surface area contributed by atoms with E-state index in [4.69, 9.17) is 0 Å². The van der Waals surface area contributed by atoms with Crippen LogP contribution in [0, 0.1) is 11.8 Å². The Hall–Kier alpha value is -0.860. The van der Waals surface area contributed by atoms with Crippen LogP contribution in [0.2, 0.25) is 0 Å². The molecule has 3 heteroatoms.